The standard InChI is InChI=1S/C12H18O3/c1-8-5-6-9(15-4)11(14)10(8)12(2,3)7-13/h5-6,13-14H,7H2,1-4H3. The SMILES string of the molecule is COc1ccc(C)c(C(C)(C)CO)c1O. The van der Waals surface area contributed by atoms with Crippen LogP contribution in [0.15, 0.2) is 12.1 Å². The summed E-state index contributed by atoms with van der Waals surface area (Å²) < 4.78 is 5.05. The Morgan fingerprint density at radius 3 is 2.40 bits per heavy atom. The zero-order chi connectivity index (χ0) is 11.6. The molecule has 1 rings (SSSR count). The lowest BCUT2D eigenvalue weighted by Gasteiger charge is -2.26. The number of methoxy groups -OCH3 is 1. The fourth-order valence-electron chi connectivity index (χ4n) is 1.77. The normalized spacial score (nSPS) is 11.5. The van der Waals surface area contributed by atoms with Gasteiger partial charge in [-0.15, -0.1) is 0 Å². The van der Waals surface area contributed by atoms with E-state index in [9.17, 15) is 10.2 Å². The van der Waals surface area contributed by atoms with Gasteiger partial charge in [-0.05, 0) is 18.6 Å². The minimum Gasteiger partial charge on any atom is -0.504 e. The maximum Gasteiger partial charge on any atom is 0.161 e. The zero-order valence-corrected chi connectivity index (χ0v) is 9.66. The molecule has 0 unspecified atom stereocenters. The largest absolute Gasteiger partial charge is 0.504 e. The van der Waals surface area contributed by atoms with E-state index < -0.39 is 5.41 Å². The van der Waals surface area contributed by atoms with E-state index in [1.807, 2.05) is 26.8 Å². The molecule has 1 aromatic rings. The van der Waals surface area contributed by atoms with E-state index in [0.29, 0.717) is 5.75 Å². The van der Waals surface area contributed by atoms with Crippen molar-refractivity contribution in [2.24, 2.45) is 0 Å². The molecule has 0 amide bonds. The number of aliphatic hydroxyl groups excluding tert-OH is 1. The summed E-state index contributed by atoms with van der Waals surface area (Å²) in [5, 5.41) is 19.3. The number of ether oxygens (including phenoxy) is 1. The van der Waals surface area contributed by atoms with Crippen molar-refractivity contribution in [3.63, 3.8) is 0 Å². The molecule has 0 radical (unpaired) electrons. The Balaban J connectivity index is 3.39. The van der Waals surface area contributed by atoms with Gasteiger partial charge in [-0.3, -0.25) is 0 Å². The monoisotopic (exact) mass is 210 g/mol. The van der Waals surface area contributed by atoms with Gasteiger partial charge in [0.2, 0.25) is 0 Å². The maximum absolute atomic E-state index is 10.0. The summed E-state index contributed by atoms with van der Waals surface area (Å²) in [7, 11) is 1.51. The third-order valence-electron chi connectivity index (χ3n) is 2.64. The maximum atomic E-state index is 10.0. The summed E-state index contributed by atoms with van der Waals surface area (Å²) in [5.74, 6) is 0.564. The molecule has 0 aliphatic carbocycles. The second-order valence-electron chi connectivity index (χ2n) is 4.35. The summed E-state index contributed by atoms with van der Waals surface area (Å²) in [6.45, 7) is 5.66. The van der Waals surface area contributed by atoms with Crippen molar-refractivity contribution in [3.05, 3.63) is 23.3 Å². The highest BCUT2D eigenvalue weighted by Crippen LogP contribution is 2.39. The number of phenolic OH excluding ortho intramolecular Hbond substituents is 1. The molecule has 3 nitrogen and oxygen atoms in total. The van der Waals surface area contributed by atoms with Gasteiger partial charge >= 0.3 is 0 Å². The lowest BCUT2D eigenvalue weighted by Crippen LogP contribution is -2.23. The predicted octanol–water partition coefficient (Wildman–Crippen LogP) is 1.98. The van der Waals surface area contributed by atoms with Gasteiger partial charge in [-0.25, -0.2) is 0 Å². The Hall–Kier alpha value is -1.22. The van der Waals surface area contributed by atoms with E-state index >= 15 is 0 Å². The molecule has 3 heteroatoms. The zero-order valence-electron chi connectivity index (χ0n) is 9.66. The minimum absolute atomic E-state index is 0.0193. The quantitative estimate of drug-likeness (QED) is 0.802. The molecule has 1 aromatic carbocycles. The number of phenols is 1. The average Bonchev–Trinajstić information content (AvgIpc) is 2.18. The molecule has 0 aliphatic heterocycles. The van der Waals surface area contributed by atoms with Crippen LogP contribution in [0.3, 0.4) is 0 Å². The van der Waals surface area contributed by atoms with Crippen molar-refractivity contribution < 1.29 is 14.9 Å². The molecule has 0 fully saturated rings. The molecule has 0 atom stereocenters. The van der Waals surface area contributed by atoms with Gasteiger partial charge in [0, 0.05) is 11.0 Å². The topological polar surface area (TPSA) is 49.7 Å². The van der Waals surface area contributed by atoms with Crippen LogP contribution in [0.5, 0.6) is 11.5 Å². The molecule has 0 aromatic heterocycles. The summed E-state index contributed by atoms with van der Waals surface area (Å²) in [6.07, 6.45) is 0. The molecule has 84 valence electrons. The highest BCUT2D eigenvalue weighted by molar-refractivity contribution is 5.52. The van der Waals surface area contributed by atoms with Gasteiger partial charge in [0.25, 0.3) is 0 Å². The van der Waals surface area contributed by atoms with Gasteiger partial charge in [-0.1, -0.05) is 19.9 Å². The van der Waals surface area contributed by atoms with E-state index in [4.69, 9.17) is 4.74 Å². The van der Waals surface area contributed by atoms with Crippen LogP contribution in [0, 0.1) is 6.92 Å². The van der Waals surface area contributed by atoms with Crippen molar-refractivity contribution in [3.8, 4) is 11.5 Å². The highest BCUT2D eigenvalue weighted by Gasteiger charge is 2.26. The second kappa shape index (κ2) is 4.11. The molecular weight excluding hydrogens is 192 g/mol. The van der Waals surface area contributed by atoms with Crippen LogP contribution in [0.25, 0.3) is 0 Å². The van der Waals surface area contributed by atoms with Gasteiger partial charge in [-0.2, -0.15) is 0 Å². The number of benzene rings is 1. The molecule has 0 bridgehead atoms. The van der Waals surface area contributed by atoms with Crippen molar-refractivity contribution in [2.75, 3.05) is 13.7 Å². The fourth-order valence-corrected chi connectivity index (χ4v) is 1.77. The summed E-state index contributed by atoms with van der Waals surface area (Å²) in [5.41, 5.74) is 1.22. The number of aliphatic hydroxyl groups is 1. The van der Waals surface area contributed by atoms with Gasteiger partial charge in [0.15, 0.2) is 11.5 Å². The van der Waals surface area contributed by atoms with Gasteiger partial charge < -0.3 is 14.9 Å². The fraction of sp³-hybridized carbons (Fsp3) is 0.500. The van der Waals surface area contributed by atoms with E-state index in [2.05, 4.69) is 0 Å². The molecule has 0 spiro atoms. The Bertz CT molecular complexity index is 356. The number of hydrogen-bond acceptors (Lipinski definition) is 3. The van der Waals surface area contributed by atoms with Crippen molar-refractivity contribution in [1.29, 1.82) is 0 Å². The number of rotatable bonds is 3. The third-order valence-corrected chi connectivity index (χ3v) is 2.64. The Morgan fingerprint density at radius 2 is 1.93 bits per heavy atom. The first-order valence-corrected chi connectivity index (χ1v) is 4.92. The molecule has 0 saturated carbocycles. The Morgan fingerprint density at radius 1 is 1.33 bits per heavy atom. The van der Waals surface area contributed by atoms with Crippen LogP contribution < -0.4 is 4.74 Å². The highest BCUT2D eigenvalue weighted by atomic mass is 16.5. The molecular formula is C12H18O3. The van der Waals surface area contributed by atoms with E-state index in [0.717, 1.165) is 11.1 Å². The van der Waals surface area contributed by atoms with Gasteiger partial charge in [0.1, 0.15) is 0 Å². The van der Waals surface area contributed by atoms with Crippen molar-refractivity contribution in [2.45, 2.75) is 26.2 Å². The number of hydrogen-bond donors (Lipinski definition) is 2. The Kier molecular flexibility index (Phi) is 3.25. The van der Waals surface area contributed by atoms with E-state index in [1.165, 1.54) is 7.11 Å². The Labute approximate surface area is 90.3 Å². The lowest BCUT2D eigenvalue weighted by atomic mass is 9.82. The number of aryl methyl sites for hydroxylation is 1. The van der Waals surface area contributed by atoms with Gasteiger partial charge in [0.05, 0.1) is 13.7 Å². The smallest absolute Gasteiger partial charge is 0.161 e. The van der Waals surface area contributed by atoms with Crippen LogP contribution in [-0.2, 0) is 5.41 Å². The third kappa shape index (κ3) is 2.07. The van der Waals surface area contributed by atoms with Crippen LogP contribution >= 0.6 is 0 Å². The summed E-state index contributed by atoms with van der Waals surface area (Å²) in [6, 6.07) is 3.60. The molecule has 2 N–H and O–H groups in total. The average molecular weight is 210 g/mol. The molecule has 0 aliphatic rings. The van der Waals surface area contributed by atoms with Crippen LogP contribution in [-0.4, -0.2) is 23.9 Å². The molecule has 15 heavy (non-hydrogen) atoms. The summed E-state index contributed by atoms with van der Waals surface area (Å²) >= 11 is 0. The number of aromatic hydroxyl groups is 1. The molecule has 0 heterocycles. The second-order valence-corrected chi connectivity index (χ2v) is 4.35. The molecule has 0 saturated heterocycles. The van der Waals surface area contributed by atoms with Crippen molar-refractivity contribution >= 4 is 0 Å². The predicted molar refractivity (Wildman–Crippen MR) is 59.5 cm³/mol. The van der Waals surface area contributed by atoms with E-state index in [-0.39, 0.29) is 12.4 Å². The lowest BCUT2D eigenvalue weighted by molar-refractivity contribution is 0.213. The minimum atomic E-state index is -0.470. The van der Waals surface area contributed by atoms with Crippen LogP contribution in [0.4, 0.5) is 0 Å². The first-order valence-electron chi connectivity index (χ1n) is 4.92. The van der Waals surface area contributed by atoms with Crippen molar-refractivity contribution in [1.82, 2.24) is 0 Å². The van der Waals surface area contributed by atoms with E-state index in [1.54, 1.807) is 6.07 Å². The first kappa shape index (κ1) is 11.9. The summed E-state index contributed by atoms with van der Waals surface area (Å²) in [4.78, 5) is 0. The van der Waals surface area contributed by atoms with Crippen LogP contribution in [0.1, 0.15) is 25.0 Å². The van der Waals surface area contributed by atoms with Crippen LogP contribution in [0.2, 0.25) is 0 Å². The first-order chi connectivity index (χ1) is 6.94.